The van der Waals surface area contributed by atoms with E-state index in [4.69, 9.17) is 14.2 Å². The van der Waals surface area contributed by atoms with Crippen molar-refractivity contribution in [2.45, 2.75) is 40.1 Å². The van der Waals surface area contributed by atoms with Crippen molar-refractivity contribution in [2.24, 2.45) is 0 Å². The third kappa shape index (κ3) is 6.45. The molecule has 1 rings (SSSR count). The average molecular weight is 267 g/mol. The first-order chi connectivity index (χ1) is 9.15. The molecule has 0 fully saturated rings. The van der Waals surface area contributed by atoms with Crippen LogP contribution in [-0.2, 0) is 9.47 Å². The van der Waals surface area contributed by atoms with E-state index >= 15 is 0 Å². The summed E-state index contributed by atoms with van der Waals surface area (Å²) < 4.78 is 16.5. The fourth-order valence-electron chi connectivity index (χ4n) is 1.66. The molecule has 0 spiro atoms. The Morgan fingerprint density at radius 3 is 2.05 bits per heavy atom. The van der Waals surface area contributed by atoms with E-state index in [0.29, 0.717) is 19.8 Å². The molecule has 0 atom stereocenters. The predicted molar refractivity (Wildman–Crippen MR) is 77.7 cm³/mol. The van der Waals surface area contributed by atoms with Gasteiger partial charge in [-0.25, -0.2) is 0 Å². The Kier molecular flexibility index (Phi) is 7.30. The molecule has 0 aliphatic carbocycles. The lowest BCUT2D eigenvalue weighted by molar-refractivity contribution is -0.126. The number of benzene rings is 1. The van der Waals surface area contributed by atoms with Crippen molar-refractivity contribution in [1.82, 2.24) is 0 Å². The molecule has 1 aromatic rings. The smallest absolute Gasteiger partial charge is 0.174 e. The Bertz CT molecular complexity index is 332. The number of rotatable bonds is 9. The number of anilines is 1. The third-order valence-corrected chi connectivity index (χ3v) is 2.40. The largest absolute Gasteiger partial charge is 0.491 e. The van der Waals surface area contributed by atoms with Gasteiger partial charge in [-0.1, -0.05) is 0 Å². The van der Waals surface area contributed by atoms with Crippen LogP contribution < -0.4 is 10.1 Å². The number of ether oxygens (including phenoxy) is 3. The van der Waals surface area contributed by atoms with Crippen molar-refractivity contribution >= 4 is 5.69 Å². The van der Waals surface area contributed by atoms with Gasteiger partial charge in [-0.3, -0.25) is 0 Å². The summed E-state index contributed by atoms with van der Waals surface area (Å²) in [6.07, 6.45) is -0.0133. The Labute approximate surface area is 116 Å². The molecule has 0 radical (unpaired) electrons. The predicted octanol–water partition coefficient (Wildman–Crippen LogP) is 3.28. The summed E-state index contributed by atoms with van der Waals surface area (Å²) in [5, 5.41) is 3.29. The minimum Gasteiger partial charge on any atom is -0.491 e. The van der Waals surface area contributed by atoms with E-state index in [2.05, 4.69) is 5.32 Å². The molecule has 0 saturated heterocycles. The Balaban J connectivity index is 2.43. The van der Waals surface area contributed by atoms with E-state index < -0.39 is 0 Å². The zero-order chi connectivity index (χ0) is 14.1. The Morgan fingerprint density at radius 1 is 1.00 bits per heavy atom. The number of nitrogens with one attached hydrogen (secondary N) is 1. The highest BCUT2D eigenvalue weighted by molar-refractivity contribution is 5.46. The zero-order valence-corrected chi connectivity index (χ0v) is 12.3. The second-order valence-electron chi connectivity index (χ2n) is 4.41. The maximum absolute atomic E-state index is 5.59. The molecule has 0 heterocycles. The summed E-state index contributed by atoms with van der Waals surface area (Å²) in [5.41, 5.74) is 1.03. The Morgan fingerprint density at radius 2 is 1.58 bits per heavy atom. The first kappa shape index (κ1) is 15.8. The lowest BCUT2D eigenvalue weighted by atomic mass is 10.3. The van der Waals surface area contributed by atoms with Gasteiger partial charge in [0.05, 0.1) is 12.6 Å². The van der Waals surface area contributed by atoms with Crippen LogP contribution in [0.15, 0.2) is 24.3 Å². The molecule has 1 N–H and O–H groups in total. The van der Waals surface area contributed by atoms with Crippen LogP contribution in [0.3, 0.4) is 0 Å². The molecule has 108 valence electrons. The molecule has 4 nitrogen and oxygen atoms in total. The van der Waals surface area contributed by atoms with Crippen molar-refractivity contribution in [2.75, 3.05) is 25.1 Å². The van der Waals surface area contributed by atoms with Gasteiger partial charge in [0.15, 0.2) is 6.29 Å². The summed E-state index contributed by atoms with van der Waals surface area (Å²) >= 11 is 0. The highest BCUT2D eigenvalue weighted by atomic mass is 16.7. The van der Waals surface area contributed by atoms with Gasteiger partial charge >= 0.3 is 0 Å². The lowest BCUT2D eigenvalue weighted by Gasteiger charge is -2.18. The van der Waals surface area contributed by atoms with Gasteiger partial charge in [0.25, 0.3) is 0 Å². The summed E-state index contributed by atoms with van der Waals surface area (Å²) in [5.74, 6) is 0.881. The monoisotopic (exact) mass is 267 g/mol. The SMILES string of the molecule is CCOC(CNc1ccc(OC(C)C)cc1)OCC. The topological polar surface area (TPSA) is 39.7 Å². The minimum absolute atomic E-state index is 0.194. The molecule has 0 aliphatic heterocycles. The fraction of sp³-hybridized carbons (Fsp3) is 0.600. The zero-order valence-electron chi connectivity index (χ0n) is 12.3. The van der Waals surface area contributed by atoms with Crippen LogP contribution in [0.25, 0.3) is 0 Å². The van der Waals surface area contributed by atoms with Crippen molar-refractivity contribution in [3.05, 3.63) is 24.3 Å². The van der Waals surface area contributed by atoms with Gasteiger partial charge in [-0.2, -0.15) is 0 Å². The Hall–Kier alpha value is -1.26. The molecule has 0 bridgehead atoms. The maximum Gasteiger partial charge on any atom is 0.174 e. The maximum atomic E-state index is 5.59. The van der Waals surface area contributed by atoms with Crippen molar-refractivity contribution < 1.29 is 14.2 Å². The lowest BCUT2D eigenvalue weighted by Crippen LogP contribution is -2.26. The quantitative estimate of drug-likeness (QED) is 0.697. The second-order valence-corrected chi connectivity index (χ2v) is 4.41. The van der Waals surface area contributed by atoms with E-state index in [-0.39, 0.29) is 12.4 Å². The van der Waals surface area contributed by atoms with E-state index in [1.807, 2.05) is 52.0 Å². The molecule has 0 aromatic heterocycles. The van der Waals surface area contributed by atoms with Gasteiger partial charge in [-0.15, -0.1) is 0 Å². The molecule has 0 amide bonds. The molecule has 0 unspecified atom stereocenters. The first-order valence-corrected chi connectivity index (χ1v) is 6.89. The minimum atomic E-state index is -0.207. The van der Waals surface area contributed by atoms with E-state index in [1.165, 1.54) is 0 Å². The molecular formula is C15H25NO3. The van der Waals surface area contributed by atoms with Crippen LogP contribution in [0, 0.1) is 0 Å². The van der Waals surface area contributed by atoms with Crippen LogP contribution in [0.5, 0.6) is 5.75 Å². The molecule has 0 saturated carbocycles. The second kappa shape index (κ2) is 8.77. The molecule has 19 heavy (non-hydrogen) atoms. The summed E-state index contributed by atoms with van der Waals surface area (Å²) in [6, 6.07) is 7.90. The normalized spacial score (nSPS) is 11.1. The number of hydrogen-bond acceptors (Lipinski definition) is 4. The fourth-order valence-corrected chi connectivity index (χ4v) is 1.66. The van der Waals surface area contributed by atoms with Crippen LogP contribution >= 0.6 is 0 Å². The third-order valence-electron chi connectivity index (χ3n) is 2.40. The van der Waals surface area contributed by atoms with Crippen LogP contribution in [-0.4, -0.2) is 32.2 Å². The summed E-state index contributed by atoms with van der Waals surface area (Å²) in [6.45, 7) is 9.88. The molecule has 1 aromatic carbocycles. The van der Waals surface area contributed by atoms with Gasteiger partial charge in [-0.05, 0) is 52.0 Å². The van der Waals surface area contributed by atoms with Crippen molar-refractivity contribution in [1.29, 1.82) is 0 Å². The van der Waals surface area contributed by atoms with Gasteiger partial charge in [0, 0.05) is 18.9 Å². The van der Waals surface area contributed by atoms with Gasteiger partial charge in [0.2, 0.25) is 0 Å². The van der Waals surface area contributed by atoms with Crippen LogP contribution in [0.2, 0.25) is 0 Å². The average Bonchev–Trinajstić information content (AvgIpc) is 2.37. The van der Waals surface area contributed by atoms with E-state index in [0.717, 1.165) is 11.4 Å². The molecular weight excluding hydrogens is 242 g/mol. The highest BCUT2D eigenvalue weighted by Crippen LogP contribution is 2.17. The summed E-state index contributed by atoms with van der Waals surface area (Å²) in [7, 11) is 0. The first-order valence-electron chi connectivity index (χ1n) is 6.89. The van der Waals surface area contributed by atoms with Crippen LogP contribution in [0.1, 0.15) is 27.7 Å². The highest BCUT2D eigenvalue weighted by Gasteiger charge is 2.07. The van der Waals surface area contributed by atoms with E-state index in [1.54, 1.807) is 0 Å². The van der Waals surface area contributed by atoms with Gasteiger partial charge in [0.1, 0.15) is 5.75 Å². The standard InChI is InChI=1S/C15H25NO3/c1-5-17-15(18-6-2)11-16-13-7-9-14(10-8-13)19-12(3)4/h7-10,12,15-16H,5-6,11H2,1-4H3. The van der Waals surface area contributed by atoms with Gasteiger partial charge < -0.3 is 19.5 Å². The summed E-state index contributed by atoms with van der Waals surface area (Å²) in [4.78, 5) is 0. The van der Waals surface area contributed by atoms with E-state index in [9.17, 15) is 0 Å². The molecule has 0 aliphatic rings. The molecule has 4 heteroatoms. The number of hydrogen-bond donors (Lipinski definition) is 1. The van der Waals surface area contributed by atoms with Crippen LogP contribution in [0.4, 0.5) is 5.69 Å². The van der Waals surface area contributed by atoms with Crippen molar-refractivity contribution in [3.8, 4) is 5.75 Å². The van der Waals surface area contributed by atoms with Crippen molar-refractivity contribution in [3.63, 3.8) is 0 Å².